The normalized spacial score (nSPS) is 30.6. The van der Waals surface area contributed by atoms with E-state index in [9.17, 15) is 4.79 Å². The lowest BCUT2D eigenvalue weighted by Crippen LogP contribution is -2.42. The van der Waals surface area contributed by atoms with E-state index >= 15 is 0 Å². The van der Waals surface area contributed by atoms with Gasteiger partial charge in [-0.2, -0.15) is 0 Å². The first-order valence-corrected chi connectivity index (χ1v) is 9.04. The number of nitrogens with one attached hydrogen (secondary N) is 1. The van der Waals surface area contributed by atoms with Gasteiger partial charge in [0.25, 0.3) is 0 Å². The molecule has 0 aromatic heterocycles. The predicted octanol–water partition coefficient (Wildman–Crippen LogP) is 4.82. The zero-order valence-electron chi connectivity index (χ0n) is 13.3. The molecule has 0 saturated heterocycles. The van der Waals surface area contributed by atoms with Gasteiger partial charge < -0.3 is 5.32 Å². The highest BCUT2D eigenvalue weighted by molar-refractivity contribution is 5.73. The predicted molar refractivity (Wildman–Crippen MR) is 84.6 cm³/mol. The van der Waals surface area contributed by atoms with Crippen LogP contribution in [0.25, 0.3) is 0 Å². The molecule has 2 heteroatoms. The molecule has 1 N–H and O–H groups in total. The Hall–Kier alpha value is -0.530. The van der Waals surface area contributed by atoms with E-state index in [2.05, 4.69) is 5.32 Å². The van der Waals surface area contributed by atoms with Crippen LogP contribution in [0.4, 0.5) is 0 Å². The fraction of sp³-hybridized carbons (Fsp3) is 0.944. The summed E-state index contributed by atoms with van der Waals surface area (Å²) in [7, 11) is 0. The van der Waals surface area contributed by atoms with Crippen molar-refractivity contribution in [3.8, 4) is 0 Å². The molecule has 2 aliphatic carbocycles. The van der Waals surface area contributed by atoms with Crippen LogP contribution < -0.4 is 5.32 Å². The number of carbonyl (C=O) groups is 1. The highest BCUT2D eigenvalue weighted by Gasteiger charge is 2.30. The van der Waals surface area contributed by atoms with E-state index in [-0.39, 0.29) is 5.91 Å². The minimum absolute atomic E-state index is 0.173. The SMILES string of the molecule is CC(=O)NC1CCCCCCC1C1CCCCCCC1. The average molecular weight is 279 g/mol. The molecule has 0 bridgehead atoms. The molecule has 20 heavy (non-hydrogen) atoms. The van der Waals surface area contributed by atoms with E-state index in [1.54, 1.807) is 6.92 Å². The van der Waals surface area contributed by atoms with Gasteiger partial charge in [-0.1, -0.05) is 70.6 Å². The number of amides is 1. The molecule has 2 rings (SSSR count). The quantitative estimate of drug-likeness (QED) is 0.771. The molecule has 0 spiro atoms. The van der Waals surface area contributed by atoms with E-state index in [4.69, 9.17) is 0 Å². The third kappa shape index (κ3) is 5.10. The summed E-state index contributed by atoms with van der Waals surface area (Å²) in [5.41, 5.74) is 0. The fourth-order valence-electron chi connectivity index (χ4n) is 4.43. The molecule has 2 atom stereocenters. The summed E-state index contributed by atoms with van der Waals surface area (Å²) >= 11 is 0. The van der Waals surface area contributed by atoms with Crippen LogP contribution in [0.5, 0.6) is 0 Å². The smallest absolute Gasteiger partial charge is 0.217 e. The van der Waals surface area contributed by atoms with Crippen LogP contribution in [0.1, 0.15) is 90.4 Å². The van der Waals surface area contributed by atoms with E-state index in [0.717, 1.165) is 11.8 Å². The zero-order valence-corrected chi connectivity index (χ0v) is 13.3. The molecular formula is C18H33NO. The molecule has 2 unspecified atom stereocenters. The molecule has 2 aliphatic rings. The van der Waals surface area contributed by atoms with E-state index in [1.165, 1.54) is 83.5 Å². The van der Waals surface area contributed by atoms with Crippen LogP contribution in [-0.2, 0) is 4.79 Å². The Morgan fingerprint density at radius 3 is 1.85 bits per heavy atom. The van der Waals surface area contributed by atoms with Gasteiger partial charge in [0.15, 0.2) is 0 Å². The van der Waals surface area contributed by atoms with Crippen LogP contribution in [0.2, 0.25) is 0 Å². The Kier molecular flexibility index (Phi) is 6.89. The molecule has 2 fully saturated rings. The summed E-state index contributed by atoms with van der Waals surface area (Å²) in [6.45, 7) is 1.69. The van der Waals surface area contributed by atoms with Gasteiger partial charge >= 0.3 is 0 Å². The lowest BCUT2D eigenvalue weighted by atomic mass is 9.73. The second kappa shape index (κ2) is 8.69. The second-order valence-corrected chi connectivity index (χ2v) is 7.07. The van der Waals surface area contributed by atoms with Gasteiger partial charge in [-0.25, -0.2) is 0 Å². The molecule has 116 valence electrons. The van der Waals surface area contributed by atoms with Crippen LogP contribution >= 0.6 is 0 Å². The molecular weight excluding hydrogens is 246 g/mol. The zero-order chi connectivity index (χ0) is 14.2. The maximum atomic E-state index is 11.6. The second-order valence-electron chi connectivity index (χ2n) is 7.07. The lowest BCUT2D eigenvalue weighted by molar-refractivity contribution is -0.120. The monoisotopic (exact) mass is 279 g/mol. The first-order chi connectivity index (χ1) is 9.77. The Morgan fingerprint density at radius 2 is 1.25 bits per heavy atom. The van der Waals surface area contributed by atoms with Crippen molar-refractivity contribution in [1.29, 1.82) is 0 Å². The molecule has 0 aromatic rings. The van der Waals surface area contributed by atoms with Crippen molar-refractivity contribution < 1.29 is 4.79 Å². The molecule has 2 saturated carbocycles. The maximum Gasteiger partial charge on any atom is 0.217 e. The van der Waals surface area contributed by atoms with Gasteiger partial charge in [-0.05, 0) is 24.7 Å². The van der Waals surface area contributed by atoms with Crippen molar-refractivity contribution in [1.82, 2.24) is 5.32 Å². The minimum Gasteiger partial charge on any atom is -0.353 e. The number of hydrogen-bond acceptors (Lipinski definition) is 1. The van der Waals surface area contributed by atoms with Gasteiger partial charge in [0, 0.05) is 13.0 Å². The number of rotatable bonds is 2. The lowest BCUT2D eigenvalue weighted by Gasteiger charge is -2.36. The van der Waals surface area contributed by atoms with Crippen LogP contribution in [0, 0.1) is 11.8 Å². The molecule has 0 radical (unpaired) electrons. The van der Waals surface area contributed by atoms with E-state index < -0.39 is 0 Å². The highest BCUT2D eigenvalue weighted by Crippen LogP contribution is 2.36. The Balaban J connectivity index is 2.01. The molecule has 0 heterocycles. The van der Waals surface area contributed by atoms with Crippen LogP contribution in [0.3, 0.4) is 0 Å². The van der Waals surface area contributed by atoms with Gasteiger partial charge in [0.1, 0.15) is 0 Å². The van der Waals surface area contributed by atoms with Gasteiger partial charge in [-0.15, -0.1) is 0 Å². The number of carbonyl (C=O) groups excluding carboxylic acids is 1. The summed E-state index contributed by atoms with van der Waals surface area (Å²) in [6.07, 6.45) is 17.9. The standard InChI is InChI=1S/C18H33NO/c1-15(20)19-18-14-10-6-5-9-13-17(18)16-11-7-3-2-4-8-12-16/h16-18H,2-14H2,1H3,(H,19,20). The first-order valence-electron chi connectivity index (χ1n) is 9.04. The first kappa shape index (κ1) is 15.9. The molecule has 0 aliphatic heterocycles. The van der Waals surface area contributed by atoms with Crippen LogP contribution in [0.15, 0.2) is 0 Å². The van der Waals surface area contributed by atoms with Crippen LogP contribution in [-0.4, -0.2) is 11.9 Å². The van der Waals surface area contributed by atoms with Crippen molar-refractivity contribution in [3.63, 3.8) is 0 Å². The molecule has 1 amide bonds. The van der Waals surface area contributed by atoms with Crippen molar-refractivity contribution >= 4 is 5.91 Å². The summed E-state index contributed by atoms with van der Waals surface area (Å²) in [5, 5.41) is 3.29. The summed E-state index contributed by atoms with van der Waals surface area (Å²) in [6, 6.07) is 0.456. The summed E-state index contributed by atoms with van der Waals surface area (Å²) in [5.74, 6) is 1.79. The highest BCUT2D eigenvalue weighted by atomic mass is 16.1. The average Bonchev–Trinajstić information content (AvgIpc) is 2.34. The third-order valence-corrected chi connectivity index (χ3v) is 5.46. The van der Waals surface area contributed by atoms with Gasteiger partial charge in [0.2, 0.25) is 5.91 Å². The maximum absolute atomic E-state index is 11.6. The van der Waals surface area contributed by atoms with Gasteiger partial charge in [-0.3, -0.25) is 4.79 Å². The Labute approximate surface area is 125 Å². The fourth-order valence-corrected chi connectivity index (χ4v) is 4.43. The van der Waals surface area contributed by atoms with E-state index in [0.29, 0.717) is 6.04 Å². The Morgan fingerprint density at radius 1 is 0.750 bits per heavy atom. The largest absolute Gasteiger partial charge is 0.353 e. The minimum atomic E-state index is 0.173. The molecule has 0 aromatic carbocycles. The Bertz CT molecular complexity index is 281. The summed E-state index contributed by atoms with van der Waals surface area (Å²) < 4.78 is 0. The summed E-state index contributed by atoms with van der Waals surface area (Å²) in [4.78, 5) is 11.6. The third-order valence-electron chi connectivity index (χ3n) is 5.46. The van der Waals surface area contributed by atoms with Crippen molar-refractivity contribution in [2.24, 2.45) is 11.8 Å². The molecule has 2 nitrogen and oxygen atoms in total. The number of hydrogen-bond donors (Lipinski definition) is 1. The van der Waals surface area contributed by atoms with E-state index in [1.807, 2.05) is 0 Å². The van der Waals surface area contributed by atoms with Crippen molar-refractivity contribution in [2.75, 3.05) is 0 Å². The topological polar surface area (TPSA) is 29.1 Å². The van der Waals surface area contributed by atoms with Crippen molar-refractivity contribution in [2.45, 2.75) is 96.4 Å². The van der Waals surface area contributed by atoms with Gasteiger partial charge in [0.05, 0.1) is 0 Å². The van der Waals surface area contributed by atoms with Crippen molar-refractivity contribution in [3.05, 3.63) is 0 Å².